The molecule has 0 unspecified atom stereocenters. The Hall–Kier alpha value is -1.57. The molecule has 130 valence electrons. The summed E-state index contributed by atoms with van der Waals surface area (Å²) < 4.78 is 8.37. The molecule has 1 aromatic carbocycles. The molecule has 2 aromatic rings. The van der Waals surface area contributed by atoms with Gasteiger partial charge in [-0.05, 0) is 37.1 Å². The van der Waals surface area contributed by atoms with Crippen LogP contribution in [-0.2, 0) is 4.79 Å². The number of piperazine rings is 1. The largest absolute Gasteiger partial charge is 0.325 e. The lowest BCUT2D eigenvalue weighted by atomic mass is 10.1. The molecule has 0 bridgehead atoms. The zero-order chi connectivity index (χ0) is 16.9. The van der Waals surface area contributed by atoms with Gasteiger partial charge in [0.25, 0.3) is 0 Å². The fourth-order valence-corrected chi connectivity index (χ4v) is 3.39. The van der Waals surface area contributed by atoms with Crippen LogP contribution in [0, 0.1) is 5.92 Å². The van der Waals surface area contributed by atoms with E-state index >= 15 is 0 Å². The van der Waals surface area contributed by atoms with Gasteiger partial charge in [0.15, 0.2) is 0 Å². The van der Waals surface area contributed by atoms with Crippen LogP contribution >= 0.6 is 11.7 Å². The maximum Gasteiger partial charge on any atom is 0.238 e. The van der Waals surface area contributed by atoms with Crippen LogP contribution in [0.1, 0.15) is 20.3 Å². The summed E-state index contributed by atoms with van der Waals surface area (Å²) in [7, 11) is 0. The number of hydrogen-bond donors (Lipinski definition) is 1. The predicted molar refractivity (Wildman–Crippen MR) is 98.4 cm³/mol. The molecule has 1 saturated heterocycles. The quantitative estimate of drug-likeness (QED) is 0.869. The Morgan fingerprint density at radius 2 is 1.88 bits per heavy atom. The molecular weight excluding hydrogens is 322 g/mol. The highest BCUT2D eigenvalue weighted by Gasteiger charge is 2.19. The van der Waals surface area contributed by atoms with Crippen LogP contribution < -0.4 is 5.32 Å². The number of carbonyl (C=O) groups is 1. The van der Waals surface area contributed by atoms with Gasteiger partial charge in [-0.25, -0.2) is 0 Å². The smallest absolute Gasteiger partial charge is 0.238 e. The second-order valence-electron chi connectivity index (χ2n) is 6.82. The van der Waals surface area contributed by atoms with Crippen LogP contribution in [0.5, 0.6) is 0 Å². The SMILES string of the molecule is CC(C)CCN1CCN(CC(=O)Nc2ccc3nsnc3c2)CC1. The van der Waals surface area contributed by atoms with E-state index in [1.807, 2.05) is 18.2 Å². The number of aromatic nitrogens is 2. The molecule has 0 radical (unpaired) electrons. The Labute approximate surface area is 147 Å². The van der Waals surface area contributed by atoms with Crippen LogP contribution in [0.15, 0.2) is 18.2 Å². The summed E-state index contributed by atoms with van der Waals surface area (Å²) in [4.78, 5) is 17.0. The van der Waals surface area contributed by atoms with Crippen molar-refractivity contribution >= 4 is 34.4 Å². The number of rotatable bonds is 6. The van der Waals surface area contributed by atoms with Gasteiger partial charge >= 0.3 is 0 Å². The Bertz CT molecular complexity index is 678. The summed E-state index contributed by atoms with van der Waals surface area (Å²) in [6.07, 6.45) is 1.24. The molecule has 24 heavy (non-hydrogen) atoms. The fourth-order valence-electron chi connectivity index (χ4n) is 2.88. The standard InChI is InChI=1S/C17H25N5OS/c1-13(2)5-6-21-7-9-22(10-8-21)12-17(23)18-14-3-4-15-16(11-14)20-24-19-15/h3-4,11,13H,5-10,12H2,1-2H3,(H,18,23). The molecule has 7 heteroatoms. The third kappa shape index (κ3) is 4.72. The molecule has 0 aliphatic carbocycles. The lowest BCUT2D eigenvalue weighted by Crippen LogP contribution is -2.48. The van der Waals surface area contributed by atoms with Gasteiger partial charge in [-0.1, -0.05) is 13.8 Å². The van der Waals surface area contributed by atoms with Gasteiger partial charge in [0.05, 0.1) is 18.3 Å². The van der Waals surface area contributed by atoms with E-state index < -0.39 is 0 Å². The summed E-state index contributed by atoms with van der Waals surface area (Å²) in [6.45, 7) is 10.2. The van der Waals surface area contributed by atoms with E-state index in [9.17, 15) is 4.79 Å². The maximum atomic E-state index is 12.3. The summed E-state index contributed by atoms with van der Waals surface area (Å²) in [5.41, 5.74) is 2.49. The highest BCUT2D eigenvalue weighted by molar-refractivity contribution is 7.00. The first kappa shape index (κ1) is 17.3. The Morgan fingerprint density at radius 1 is 1.17 bits per heavy atom. The number of amides is 1. The molecule has 1 aliphatic heterocycles. The van der Waals surface area contributed by atoms with Crippen molar-refractivity contribution in [3.05, 3.63) is 18.2 Å². The van der Waals surface area contributed by atoms with E-state index in [-0.39, 0.29) is 5.91 Å². The molecule has 0 atom stereocenters. The number of benzene rings is 1. The predicted octanol–water partition coefficient (Wildman–Crippen LogP) is 2.29. The average Bonchev–Trinajstić information content (AvgIpc) is 3.01. The third-order valence-electron chi connectivity index (χ3n) is 4.39. The van der Waals surface area contributed by atoms with E-state index in [4.69, 9.17) is 0 Å². The molecule has 1 fully saturated rings. The van der Waals surface area contributed by atoms with E-state index in [0.717, 1.165) is 48.8 Å². The van der Waals surface area contributed by atoms with Gasteiger partial charge in [0, 0.05) is 31.9 Å². The van der Waals surface area contributed by atoms with E-state index in [1.54, 1.807) is 0 Å². The molecule has 1 aliphatic rings. The van der Waals surface area contributed by atoms with Crippen molar-refractivity contribution in [3.63, 3.8) is 0 Å². The van der Waals surface area contributed by atoms with Crippen molar-refractivity contribution in [2.45, 2.75) is 20.3 Å². The Balaban J connectivity index is 1.44. The Kier molecular flexibility index (Phi) is 5.76. The third-order valence-corrected chi connectivity index (χ3v) is 4.95. The number of carbonyl (C=O) groups excluding carboxylic acids is 1. The highest BCUT2D eigenvalue weighted by Crippen LogP contribution is 2.17. The lowest BCUT2D eigenvalue weighted by molar-refractivity contribution is -0.117. The van der Waals surface area contributed by atoms with Crippen LogP contribution in [-0.4, -0.2) is 63.7 Å². The lowest BCUT2D eigenvalue weighted by Gasteiger charge is -2.34. The van der Waals surface area contributed by atoms with Crippen molar-refractivity contribution < 1.29 is 4.79 Å². The first-order valence-corrected chi connectivity index (χ1v) is 9.30. The molecule has 0 saturated carbocycles. The van der Waals surface area contributed by atoms with Crippen LogP contribution in [0.3, 0.4) is 0 Å². The molecule has 3 rings (SSSR count). The first-order chi connectivity index (χ1) is 11.6. The second-order valence-corrected chi connectivity index (χ2v) is 7.34. The van der Waals surface area contributed by atoms with Crippen molar-refractivity contribution in [1.29, 1.82) is 0 Å². The summed E-state index contributed by atoms with van der Waals surface area (Å²) in [5.74, 6) is 0.784. The maximum absolute atomic E-state index is 12.3. The summed E-state index contributed by atoms with van der Waals surface area (Å²) >= 11 is 1.19. The van der Waals surface area contributed by atoms with E-state index in [2.05, 4.69) is 37.7 Å². The van der Waals surface area contributed by atoms with Crippen LogP contribution in [0.2, 0.25) is 0 Å². The van der Waals surface area contributed by atoms with Crippen LogP contribution in [0.25, 0.3) is 11.0 Å². The first-order valence-electron chi connectivity index (χ1n) is 8.57. The van der Waals surface area contributed by atoms with Gasteiger partial charge in [0.1, 0.15) is 11.0 Å². The van der Waals surface area contributed by atoms with Gasteiger partial charge in [0.2, 0.25) is 5.91 Å². The number of hydrogen-bond acceptors (Lipinski definition) is 6. The number of nitrogens with zero attached hydrogens (tertiary/aromatic N) is 4. The van der Waals surface area contributed by atoms with Crippen molar-refractivity contribution in [2.75, 3.05) is 44.6 Å². The van der Waals surface area contributed by atoms with Crippen molar-refractivity contribution in [3.8, 4) is 0 Å². The highest BCUT2D eigenvalue weighted by atomic mass is 32.1. The molecule has 1 N–H and O–H groups in total. The minimum atomic E-state index is 0.0353. The Morgan fingerprint density at radius 3 is 2.62 bits per heavy atom. The number of fused-ring (bicyclic) bond motifs is 1. The zero-order valence-electron chi connectivity index (χ0n) is 14.4. The van der Waals surface area contributed by atoms with Gasteiger partial charge < -0.3 is 10.2 Å². The van der Waals surface area contributed by atoms with Gasteiger partial charge in [-0.15, -0.1) is 0 Å². The van der Waals surface area contributed by atoms with Crippen LogP contribution in [0.4, 0.5) is 5.69 Å². The monoisotopic (exact) mass is 347 g/mol. The van der Waals surface area contributed by atoms with Crippen molar-refractivity contribution in [1.82, 2.24) is 18.5 Å². The minimum Gasteiger partial charge on any atom is -0.325 e. The minimum absolute atomic E-state index is 0.0353. The summed E-state index contributed by atoms with van der Waals surface area (Å²) in [6, 6.07) is 5.65. The molecule has 2 heterocycles. The normalized spacial score (nSPS) is 16.8. The summed E-state index contributed by atoms with van der Waals surface area (Å²) in [5, 5.41) is 2.97. The fraction of sp³-hybridized carbons (Fsp3) is 0.588. The zero-order valence-corrected chi connectivity index (χ0v) is 15.2. The molecule has 1 amide bonds. The topological polar surface area (TPSA) is 61.4 Å². The average molecular weight is 347 g/mol. The van der Waals surface area contributed by atoms with E-state index in [0.29, 0.717) is 6.54 Å². The van der Waals surface area contributed by atoms with Crippen molar-refractivity contribution in [2.24, 2.45) is 5.92 Å². The second kappa shape index (κ2) is 8.00. The van der Waals surface area contributed by atoms with Gasteiger partial charge in [-0.2, -0.15) is 8.75 Å². The molecule has 6 nitrogen and oxygen atoms in total. The number of nitrogens with one attached hydrogen (secondary N) is 1. The molecule has 0 spiro atoms. The van der Waals surface area contributed by atoms with Gasteiger partial charge in [-0.3, -0.25) is 9.69 Å². The molecule has 1 aromatic heterocycles. The number of anilines is 1. The van der Waals surface area contributed by atoms with E-state index in [1.165, 1.54) is 24.7 Å². The molecular formula is C17H25N5OS.